The Bertz CT molecular complexity index is 532. The standard InChI is InChI=1S/C22H38N4O/c1-19(2)11-15-27-16-12-24-22(23-3)25-17-21-10-14-26(18-21)13-9-20-7-5-4-6-8-20/h4-8,19,21H,9-18H2,1-3H3,(H2,23,24,25). The molecule has 1 aromatic carbocycles. The van der Waals surface area contributed by atoms with Crippen molar-refractivity contribution >= 4 is 5.96 Å². The monoisotopic (exact) mass is 374 g/mol. The van der Waals surface area contributed by atoms with Gasteiger partial charge in [0.15, 0.2) is 5.96 Å². The number of rotatable bonds is 11. The highest BCUT2D eigenvalue weighted by atomic mass is 16.5. The van der Waals surface area contributed by atoms with Crippen LogP contribution in [0.5, 0.6) is 0 Å². The van der Waals surface area contributed by atoms with Gasteiger partial charge in [0.25, 0.3) is 0 Å². The molecule has 0 bridgehead atoms. The molecule has 1 atom stereocenters. The Morgan fingerprint density at radius 3 is 2.78 bits per heavy atom. The highest BCUT2D eigenvalue weighted by Gasteiger charge is 2.22. The smallest absolute Gasteiger partial charge is 0.191 e. The van der Waals surface area contributed by atoms with E-state index >= 15 is 0 Å². The van der Waals surface area contributed by atoms with Gasteiger partial charge in [-0.2, -0.15) is 0 Å². The van der Waals surface area contributed by atoms with Crippen LogP contribution in [0.4, 0.5) is 0 Å². The molecule has 5 nitrogen and oxygen atoms in total. The number of benzene rings is 1. The molecule has 27 heavy (non-hydrogen) atoms. The van der Waals surface area contributed by atoms with E-state index in [1.54, 1.807) is 0 Å². The van der Waals surface area contributed by atoms with E-state index in [2.05, 4.69) is 64.7 Å². The topological polar surface area (TPSA) is 48.9 Å². The van der Waals surface area contributed by atoms with Crippen molar-refractivity contribution in [3.8, 4) is 0 Å². The van der Waals surface area contributed by atoms with Crippen LogP contribution in [0.2, 0.25) is 0 Å². The first kappa shape index (κ1) is 21.7. The van der Waals surface area contributed by atoms with E-state index in [9.17, 15) is 0 Å². The zero-order chi connectivity index (χ0) is 19.3. The average Bonchev–Trinajstić information content (AvgIpc) is 3.13. The van der Waals surface area contributed by atoms with Crippen LogP contribution in [0, 0.1) is 11.8 Å². The second-order valence-corrected chi connectivity index (χ2v) is 7.87. The van der Waals surface area contributed by atoms with Gasteiger partial charge in [0.05, 0.1) is 6.61 Å². The molecule has 0 aliphatic carbocycles. The third kappa shape index (κ3) is 9.25. The predicted octanol–water partition coefficient (Wildman–Crippen LogP) is 2.78. The number of nitrogens with one attached hydrogen (secondary N) is 2. The van der Waals surface area contributed by atoms with Crippen molar-refractivity contribution in [1.82, 2.24) is 15.5 Å². The third-order valence-electron chi connectivity index (χ3n) is 5.09. The van der Waals surface area contributed by atoms with Crippen molar-refractivity contribution in [3.05, 3.63) is 35.9 Å². The Morgan fingerprint density at radius 1 is 1.22 bits per heavy atom. The fraction of sp³-hybridized carbons (Fsp3) is 0.682. The van der Waals surface area contributed by atoms with Crippen LogP contribution in [-0.2, 0) is 11.2 Å². The van der Waals surface area contributed by atoms with Crippen molar-refractivity contribution < 1.29 is 4.74 Å². The molecule has 1 aliphatic heterocycles. The molecule has 1 aliphatic rings. The van der Waals surface area contributed by atoms with Gasteiger partial charge in [-0.1, -0.05) is 44.2 Å². The molecule has 0 saturated carbocycles. The van der Waals surface area contributed by atoms with E-state index in [1.807, 2.05) is 7.05 Å². The largest absolute Gasteiger partial charge is 0.380 e. The molecule has 1 saturated heterocycles. The zero-order valence-corrected chi connectivity index (χ0v) is 17.4. The fourth-order valence-electron chi connectivity index (χ4n) is 3.34. The van der Waals surface area contributed by atoms with E-state index < -0.39 is 0 Å². The predicted molar refractivity (Wildman–Crippen MR) is 114 cm³/mol. The Morgan fingerprint density at radius 2 is 2.04 bits per heavy atom. The van der Waals surface area contributed by atoms with Gasteiger partial charge >= 0.3 is 0 Å². The van der Waals surface area contributed by atoms with Gasteiger partial charge in [-0.05, 0) is 43.2 Å². The van der Waals surface area contributed by atoms with Crippen LogP contribution in [0.25, 0.3) is 0 Å². The van der Waals surface area contributed by atoms with Crippen molar-refractivity contribution in [1.29, 1.82) is 0 Å². The van der Waals surface area contributed by atoms with Gasteiger partial charge in [0.2, 0.25) is 0 Å². The fourth-order valence-corrected chi connectivity index (χ4v) is 3.34. The van der Waals surface area contributed by atoms with Gasteiger partial charge in [-0.25, -0.2) is 0 Å². The minimum atomic E-state index is 0.696. The molecule has 2 N–H and O–H groups in total. The number of hydrogen-bond acceptors (Lipinski definition) is 3. The van der Waals surface area contributed by atoms with Crippen molar-refractivity contribution in [2.24, 2.45) is 16.8 Å². The van der Waals surface area contributed by atoms with Gasteiger partial charge in [0.1, 0.15) is 0 Å². The minimum absolute atomic E-state index is 0.696. The molecule has 0 aromatic heterocycles. The van der Waals surface area contributed by atoms with Gasteiger partial charge in [0, 0.05) is 39.8 Å². The van der Waals surface area contributed by atoms with Gasteiger partial charge < -0.3 is 20.3 Å². The lowest BCUT2D eigenvalue weighted by Gasteiger charge is -2.17. The van der Waals surface area contributed by atoms with E-state index in [1.165, 1.54) is 25.1 Å². The molecule has 5 heteroatoms. The van der Waals surface area contributed by atoms with Crippen LogP contribution < -0.4 is 10.6 Å². The van der Waals surface area contributed by atoms with E-state index in [0.717, 1.165) is 51.6 Å². The molecule has 1 fully saturated rings. The average molecular weight is 375 g/mol. The molecule has 1 heterocycles. The summed E-state index contributed by atoms with van der Waals surface area (Å²) in [6, 6.07) is 10.8. The second kappa shape index (κ2) is 12.7. The lowest BCUT2D eigenvalue weighted by Crippen LogP contribution is -2.41. The first-order chi connectivity index (χ1) is 13.2. The summed E-state index contributed by atoms with van der Waals surface area (Å²) in [5.74, 6) is 2.28. The third-order valence-corrected chi connectivity index (χ3v) is 5.09. The highest BCUT2D eigenvalue weighted by molar-refractivity contribution is 5.79. The molecule has 152 valence electrons. The summed E-state index contributed by atoms with van der Waals surface area (Å²) in [4.78, 5) is 6.90. The van der Waals surface area contributed by atoms with Crippen LogP contribution in [0.15, 0.2) is 35.3 Å². The summed E-state index contributed by atoms with van der Waals surface area (Å²) < 4.78 is 5.64. The summed E-state index contributed by atoms with van der Waals surface area (Å²) in [5.41, 5.74) is 1.43. The molecular formula is C22H38N4O. The maximum absolute atomic E-state index is 5.64. The second-order valence-electron chi connectivity index (χ2n) is 7.87. The van der Waals surface area contributed by atoms with Gasteiger partial charge in [-0.15, -0.1) is 0 Å². The van der Waals surface area contributed by atoms with Crippen LogP contribution in [-0.4, -0.2) is 63.8 Å². The van der Waals surface area contributed by atoms with Gasteiger partial charge in [-0.3, -0.25) is 4.99 Å². The number of nitrogens with zero attached hydrogens (tertiary/aromatic N) is 2. The molecule has 1 aromatic rings. The molecule has 1 unspecified atom stereocenters. The number of aliphatic imine (C=N–C) groups is 1. The Labute approximate surface area is 165 Å². The molecule has 2 rings (SSSR count). The van der Waals surface area contributed by atoms with E-state index in [0.29, 0.717) is 11.8 Å². The normalized spacial score (nSPS) is 18.2. The number of guanidine groups is 1. The van der Waals surface area contributed by atoms with E-state index in [4.69, 9.17) is 4.74 Å². The summed E-state index contributed by atoms with van der Waals surface area (Å²) in [6.45, 7) is 11.3. The molecular weight excluding hydrogens is 336 g/mol. The zero-order valence-electron chi connectivity index (χ0n) is 17.4. The van der Waals surface area contributed by atoms with Crippen molar-refractivity contribution in [2.75, 3.05) is 53.0 Å². The summed E-state index contributed by atoms with van der Waals surface area (Å²) in [6.07, 6.45) is 3.52. The Balaban J connectivity index is 1.54. The highest BCUT2D eigenvalue weighted by Crippen LogP contribution is 2.15. The summed E-state index contributed by atoms with van der Waals surface area (Å²) >= 11 is 0. The van der Waals surface area contributed by atoms with Crippen molar-refractivity contribution in [2.45, 2.75) is 33.1 Å². The quantitative estimate of drug-likeness (QED) is 0.355. The number of ether oxygens (including phenoxy) is 1. The van der Waals surface area contributed by atoms with Crippen LogP contribution >= 0.6 is 0 Å². The maximum atomic E-state index is 5.64. The Hall–Kier alpha value is -1.59. The SMILES string of the molecule is CN=C(NCCOCCC(C)C)NCC1CCN(CCc2ccccc2)C1. The molecule has 0 spiro atoms. The van der Waals surface area contributed by atoms with Crippen LogP contribution in [0.1, 0.15) is 32.3 Å². The number of hydrogen-bond donors (Lipinski definition) is 2. The lowest BCUT2D eigenvalue weighted by atomic mass is 10.1. The Kier molecular flexibility index (Phi) is 10.2. The first-order valence-corrected chi connectivity index (χ1v) is 10.5. The minimum Gasteiger partial charge on any atom is -0.380 e. The first-order valence-electron chi connectivity index (χ1n) is 10.5. The van der Waals surface area contributed by atoms with E-state index in [-0.39, 0.29) is 0 Å². The molecule has 0 amide bonds. The molecule has 0 radical (unpaired) electrons. The summed E-state index contributed by atoms with van der Waals surface area (Å²) in [7, 11) is 1.83. The van der Waals surface area contributed by atoms with Crippen LogP contribution in [0.3, 0.4) is 0 Å². The lowest BCUT2D eigenvalue weighted by molar-refractivity contribution is 0.128. The summed E-state index contributed by atoms with van der Waals surface area (Å²) in [5, 5.41) is 6.81. The van der Waals surface area contributed by atoms with Crippen molar-refractivity contribution in [3.63, 3.8) is 0 Å². The maximum Gasteiger partial charge on any atom is 0.191 e. The number of likely N-dealkylation sites (tertiary alicyclic amines) is 1.